The van der Waals surface area contributed by atoms with Gasteiger partial charge in [-0.1, -0.05) is 24.3 Å². The summed E-state index contributed by atoms with van der Waals surface area (Å²) >= 11 is 0. The van der Waals surface area contributed by atoms with E-state index in [9.17, 15) is 18.0 Å². The van der Waals surface area contributed by atoms with Crippen LogP contribution in [-0.4, -0.2) is 34.9 Å². The number of carbonyl (C=O) groups excluding carboxylic acids is 1. The first-order valence-electron chi connectivity index (χ1n) is 9.12. The van der Waals surface area contributed by atoms with Crippen LogP contribution in [0.25, 0.3) is 22.0 Å². The number of anilines is 1. The maximum Gasteiger partial charge on any atom is 0.405 e. The van der Waals surface area contributed by atoms with Crippen LogP contribution >= 0.6 is 0 Å². The maximum atomic E-state index is 12.5. The molecule has 0 aliphatic rings. The molecule has 0 unspecified atom stereocenters. The summed E-state index contributed by atoms with van der Waals surface area (Å²) in [6.45, 7) is 4.17. The molecule has 0 saturated carbocycles. The zero-order chi connectivity index (χ0) is 21.2. The highest BCUT2D eigenvalue weighted by atomic mass is 19.4. The minimum Gasteiger partial charge on any atom is -0.382 e. The van der Waals surface area contributed by atoms with E-state index in [0.29, 0.717) is 16.9 Å². The van der Waals surface area contributed by atoms with Gasteiger partial charge in [0.05, 0.1) is 6.20 Å². The number of nitrogens with one attached hydrogen (secondary N) is 2. The normalized spacial score (nSPS) is 11.7. The lowest BCUT2D eigenvalue weighted by molar-refractivity contribution is -0.123. The molecule has 0 aliphatic heterocycles. The molecule has 1 aromatic heterocycles. The third-order valence-corrected chi connectivity index (χ3v) is 4.33. The van der Waals surface area contributed by atoms with Crippen LogP contribution in [0.3, 0.4) is 0 Å². The fraction of sp³-hybridized carbons (Fsp3) is 0.286. The van der Waals surface area contributed by atoms with Crippen molar-refractivity contribution >= 4 is 22.4 Å². The fourth-order valence-electron chi connectivity index (χ4n) is 3.08. The summed E-state index contributed by atoms with van der Waals surface area (Å²) in [6.07, 6.45) is -2.80. The second-order valence-corrected chi connectivity index (χ2v) is 7.09. The zero-order valence-corrected chi connectivity index (χ0v) is 16.3. The van der Waals surface area contributed by atoms with Crippen molar-refractivity contribution in [2.45, 2.75) is 33.0 Å². The van der Waals surface area contributed by atoms with Gasteiger partial charge in [0.1, 0.15) is 12.2 Å². The van der Waals surface area contributed by atoms with Gasteiger partial charge in [-0.15, -0.1) is 5.10 Å². The Kier molecular flexibility index (Phi) is 5.72. The third kappa shape index (κ3) is 4.82. The lowest BCUT2D eigenvalue weighted by atomic mass is 9.97. The van der Waals surface area contributed by atoms with Gasteiger partial charge in [-0.05, 0) is 38.5 Å². The molecule has 1 heterocycles. The first-order valence-corrected chi connectivity index (χ1v) is 9.12. The number of aromatic nitrogens is 2. The van der Waals surface area contributed by atoms with Crippen molar-refractivity contribution < 1.29 is 18.0 Å². The van der Waals surface area contributed by atoms with Gasteiger partial charge in [0.2, 0.25) is 0 Å². The molecule has 0 saturated heterocycles. The Bertz CT molecular complexity index is 1040. The molecule has 0 bridgehead atoms. The number of hydrogen-bond donors (Lipinski definition) is 2. The lowest BCUT2D eigenvalue weighted by Crippen LogP contribution is -2.34. The lowest BCUT2D eigenvalue weighted by Gasteiger charge is -2.18. The minimum absolute atomic E-state index is 0.0329. The topological polar surface area (TPSA) is 66.9 Å². The molecule has 0 aliphatic carbocycles. The van der Waals surface area contributed by atoms with Gasteiger partial charge in [-0.2, -0.15) is 18.3 Å². The van der Waals surface area contributed by atoms with Crippen LogP contribution in [-0.2, 0) is 0 Å². The van der Waals surface area contributed by atoms with E-state index in [1.807, 2.05) is 43.4 Å². The molecule has 0 radical (unpaired) electrons. The summed E-state index contributed by atoms with van der Waals surface area (Å²) in [5.41, 5.74) is 2.69. The Morgan fingerprint density at radius 1 is 1.17 bits per heavy atom. The number of aryl methyl sites for hydroxylation is 1. The van der Waals surface area contributed by atoms with Crippen LogP contribution in [0.2, 0.25) is 0 Å². The van der Waals surface area contributed by atoms with Crippen LogP contribution in [0.15, 0.2) is 42.6 Å². The maximum absolute atomic E-state index is 12.5. The summed E-state index contributed by atoms with van der Waals surface area (Å²) in [4.78, 5) is 12.3. The monoisotopic (exact) mass is 402 g/mol. The molecule has 2 aromatic carbocycles. The van der Waals surface area contributed by atoms with Gasteiger partial charge in [-0.3, -0.25) is 4.79 Å². The summed E-state index contributed by atoms with van der Waals surface area (Å²) in [6, 6.07) is 11.0. The number of rotatable bonds is 5. The van der Waals surface area contributed by atoms with E-state index in [2.05, 4.69) is 15.5 Å². The quantitative estimate of drug-likeness (QED) is 0.648. The molecule has 0 spiro atoms. The number of amides is 1. The number of alkyl halides is 3. The molecule has 1 amide bonds. The molecule has 0 atom stereocenters. The number of halogens is 3. The summed E-state index contributed by atoms with van der Waals surface area (Å²) in [7, 11) is 0. The summed E-state index contributed by atoms with van der Waals surface area (Å²) in [5.74, 6) is -0.776. The van der Waals surface area contributed by atoms with E-state index < -0.39 is 18.6 Å². The molecular weight excluding hydrogens is 381 g/mol. The van der Waals surface area contributed by atoms with Crippen molar-refractivity contribution in [2.24, 2.45) is 0 Å². The average Bonchev–Trinajstić information content (AvgIpc) is 2.66. The smallest absolute Gasteiger partial charge is 0.382 e. The second-order valence-electron chi connectivity index (χ2n) is 7.09. The Morgan fingerprint density at radius 2 is 1.90 bits per heavy atom. The van der Waals surface area contributed by atoms with Gasteiger partial charge < -0.3 is 10.6 Å². The number of benzene rings is 2. The van der Waals surface area contributed by atoms with E-state index >= 15 is 0 Å². The van der Waals surface area contributed by atoms with E-state index in [-0.39, 0.29) is 11.6 Å². The van der Waals surface area contributed by atoms with Crippen LogP contribution in [0.4, 0.5) is 18.9 Å². The highest BCUT2D eigenvalue weighted by molar-refractivity contribution is 6.01. The van der Waals surface area contributed by atoms with Crippen LogP contribution in [0, 0.1) is 6.92 Å². The number of carbonyl (C=O) groups is 1. The van der Waals surface area contributed by atoms with Gasteiger partial charge in [0.15, 0.2) is 0 Å². The van der Waals surface area contributed by atoms with Crippen molar-refractivity contribution in [3.05, 3.63) is 53.7 Å². The highest BCUT2D eigenvalue weighted by Crippen LogP contribution is 2.34. The molecule has 3 rings (SSSR count). The Morgan fingerprint density at radius 3 is 2.59 bits per heavy atom. The molecule has 3 aromatic rings. The van der Waals surface area contributed by atoms with E-state index in [1.165, 1.54) is 0 Å². The van der Waals surface area contributed by atoms with E-state index in [0.717, 1.165) is 16.3 Å². The minimum atomic E-state index is -4.47. The van der Waals surface area contributed by atoms with Crippen LogP contribution < -0.4 is 10.6 Å². The van der Waals surface area contributed by atoms with Gasteiger partial charge >= 0.3 is 6.18 Å². The van der Waals surface area contributed by atoms with Crippen molar-refractivity contribution in [2.75, 3.05) is 11.9 Å². The molecule has 5 nitrogen and oxygen atoms in total. The molecular formula is C21H21F3N4O. The Labute approximate surface area is 166 Å². The Hall–Kier alpha value is -3.16. The molecule has 8 heteroatoms. The summed E-state index contributed by atoms with van der Waals surface area (Å²) < 4.78 is 37.4. The third-order valence-electron chi connectivity index (χ3n) is 4.33. The summed E-state index contributed by atoms with van der Waals surface area (Å²) in [5, 5.41) is 15.4. The number of fused-ring (bicyclic) bond motifs is 1. The first-order chi connectivity index (χ1) is 13.7. The Balaban J connectivity index is 2.10. The fourth-order valence-corrected chi connectivity index (χ4v) is 3.08. The van der Waals surface area contributed by atoms with Gasteiger partial charge in [-0.25, -0.2) is 0 Å². The standard InChI is InChI=1S/C21H21F3N4O/c1-12(2)27-18-9-16(20(29)25-11-21(22,23)24)13(3)8-17(18)19-15-7-5-4-6-14(15)10-26-28-19/h4-10,12,27H,11H2,1-3H3,(H,25,29). The molecule has 29 heavy (non-hydrogen) atoms. The predicted octanol–water partition coefficient (Wildman–Crippen LogP) is 4.72. The van der Waals surface area contributed by atoms with Gasteiger partial charge in [0, 0.05) is 33.6 Å². The SMILES string of the molecule is Cc1cc(-c2nncc3ccccc23)c(NC(C)C)cc1C(=O)NCC(F)(F)F. The number of nitrogens with zero attached hydrogens (tertiary/aromatic N) is 2. The van der Waals surface area contributed by atoms with Crippen LogP contribution in [0.5, 0.6) is 0 Å². The highest BCUT2D eigenvalue weighted by Gasteiger charge is 2.28. The molecule has 2 N–H and O–H groups in total. The zero-order valence-electron chi connectivity index (χ0n) is 16.3. The van der Waals surface area contributed by atoms with E-state index in [1.54, 1.807) is 25.3 Å². The number of hydrogen-bond acceptors (Lipinski definition) is 4. The first kappa shape index (κ1) is 20.6. The van der Waals surface area contributed by atoms with E-state index in [4.69, 9.17) is 0 Å². The van der Waals surface area contributed by atoms with Crippen molar-refractivity contribution in [3.63, 3.8) is 0 Å². The second kappa shape index (κ2) is 8.06. The largest absolute Gasteiger partial charge is 0.405 e. The molecule has 0 fully saturated rings. The molecule has 152 valence electrons. The predicted molar refractivity (Wildman–Crippen MR) is 107 cm³/mol. The van der Waals surface area contributed by atoms with Gasteiger partial charge in [0.25, 0.3) is 5.91 Å². The average molecular weight is 402 g/mol. The van der Waals surface area contributed by atoms with Crippen LogP contribution in [0.1, 0.15) is 29.8 Å². The van der Waals surface area contributed by atoms with Crippen molar-refractivity contribution in [3.8, 4) is 11.3 Å². The van der Waals surface area contributed by atoms with Crippen molar-refractivity contribution in [1.29, 1.82) is 0 Å². The van der Waals surface area contributed by atoms with Crippen molar-refractivity contribution in [1.82, 2.24) is 15.5 Å².